The topological polar surface area (TPSA) is 82.6 Å². The molecule has 0 aromatic heterocycles. The van der Waals surface area contributed by atoms with E-state index in [1.54, 1.807) is 38.0 Å². The summed E-state index contributed by atoms with van der Waals surface area (Å²) in [7, 11) is 3.40. The van der Waals surface area contributed by atoms with Crippen molar-refractivity contribution >= 4 is 15.9 Å². The fourth-order valence-corrected chi connectivity index (χ4v) is 6.29. The summed E-state index contributed by atoms with van der Waals surface area (Å²) in [5.41, 5.74) is 1.27. The summed E-state index contributed by atoms with van der Waals surface area (Å²) in [4.78, 5) is 19.5. The Morgan fingerprint density at radius 1 is 1.09 bits per heavy atom. The van der Waals surface area contributed by atoms with Gasteiger partial charge in [0.05, 0.1) is 18.6 Å². The Hall–Kier alpha value is -1.72. The highest BCUT2D eigenvalue weighted by Crippen LogP contribution is 2.30. The number of piperazine rings is 1. The maximum atomic E-state index is 13.1. The molecule has 10 heteroatoms. The van der Waals surface area contributed by atoms with E-state index >= 15 is 0 Å². The summed E-state index contributed by atoms with van der Waals surface area (Å²) in [6.45, 7) is 8.20. The van der Waals surface area contributed by atoms with Crippen molar-refractivity contribution in [1.82, 2.24) is 19.0 Å². The number of methoxy groups -OCH3 is 1. The molecule has 1 aliphatic carbocycles. The third-order valence-electron chi connectivity index (χ3n) is 7.20. The molecule has 192 valence electrons. The van der Waals surface area contributed by atoms with Gasteiger partial charge in [-0.3, -0.25) is 9.69 Å². The number of nitrogens with zero attached hydrogens (tertiary/aromatic N) is 4. The smallest absolute Gasteiger partial charge is 0.248 e. The zero-order valence-corrected chi connectivity index (χ0v) is 22.2. The van der Waals surface area contributed by atoms with Gasteiger partial charge in [-0.05, 0) is 57.0 Å². The molecule has 1 saturated carbocycles. The van der Waals surface area contributed by atoms with Gasteiger partial charge < -0.3 is 19.3 Å². The summed E-state index contributed by atoms with van der Waals surface area (Å²) in [5, 5.41) is 0. The normalized spacial score (nSPS) is 22.0. The van der Waals surface area contributed by atoms with Crippen LogP contribution in [0.5, 0.6) is 5.75 Å². The van der Waals surface area contributed by atoms with Crippen molar-refractivity contribution in [2.75, 3.05) is 74.2 Å². The van der Waals surface area contributed by atoms with Crippen LogP contribution < -0.4 is 4.74 Å². The van der Waals surface area contributed by atoms with Crippen molar-refractivity contribution in [2.45, 2.75) is 43.7 Å². The van der Waals surface area contributed by atoms with Gasteiger partial charge in [-0.15, -0.1) is 0 Å². The number of ether oxygens (including phenoxy) is 2. The lowest BCUT2D eigenvalue weighted by Gasteiger charge is -2.48. The van der Waals surface area contributed by atoms with Crippen molar-refractivity contribution in [3.63, 3.8) is 0 Å². The van der Waals surface area contributed by atoms with Crippen molar-refractivity contribution in [2.24, 2.45) is 0 Å². The lowest BCUT2D eigenvalue weighted by molar-refractivity contribution is -0.140. The van der Waals surface area contributed by atoms with Crippen molar-refractivity contribution in [3.05, 3.63) is 23.3 Å². The molecule has 2 aliphatic rings. The number of rotatable bonds is 10. The molecule has 1 amide bonds. The van der Waals surface area contributed by atoms with Gasteiger partial charge >= 0.3 is 0 Å². The van der Waals surface area contributed by atoms with Gasteiger partial charge in [-0.1, -0.05) is 0 Å². The van der Waals surface area contributed by atoms with Crippen LogP contribution in [0.25, 0.3) is 0 Å². The largest absolute Gasteiger partial charge is 0.497 e. The number of benzene rings is 1. The molecular weight excluding hydrogens is 456 g/mol. The molecule has 0 N–H and O–H groups in total. The van der Waals surface area contributed by atoms with E-state index in [1.165, 1.54) is 11.4 Å². The number of carbonyl (C=O) groups excluding carboxylic acids is 1. The Bertz CT molecular complexity index is 933. The van der Waals surface area contributed by atoms with Gasteiger partial charge in [0.1, 0.15) is 12.4 Å². The predicted molar refractivity (Wildman–Crippen MR) is 132 cm³/mol. The fourth-order valence-electron chi connectivity index (χ4n) is 4.73. The summed E-state index contributed by atoms with van der Waals surface area (Å²) in [6.07, 6.45) is 2.01. The Morgan fingerprint density at radius 2 is 1.68 bits per heavy atom. The average Bonchev–Trinajstić information content (AvgIpc) is 2.75. The highest BCUT2D eigenvalue weighted by atomic mass is 32.2. The summed E-state index contributed by atoms with van der Waals surface area (Å²) in [6, 6.07) is 4.25. The molecule has 0 bridgehead atoms. The summed E-state index contributed by atoms with van der Waals surface area (Å²) < 4.78 is 38.2. The van der Waals surface area contributed by atoms with E-state index in [-0.39, 0.29) is 36.6 Å². The first-order valence-corrected chi connectivity index (χ1v) is 13.4. The number of hydrogen-bond acceptors (Lipinski definition) is 7. The molecule has 3 rings (SSSR count). The second-order valence-electron chi connectivity index (χ2n) is 9.59. The summed E-state index contributed by atoms with van der Waals surface area (Å²) >= 11 is 0. The van der Waals surface area contributed by atoms with Crippen molar-refractivity contribution in [3.8, 4) is 5.75 Å². The second kappa shape index (κ2) is 11.3. The first kappa shape index (κ1) is 26.9. The Balaban J connectivity index is 1.41. The van der Waals surface area contributed by atoms with Gasteiger partial charge in [0.2, 0.25) is 15.9 Å². The molecular formula is C24H40N4O5S. The van der Waals surface area contributed by atoms with E-state index in [2.05, 4.69) is 16.8 Å². The molecule has 0 atom stereocenters. The molecule has 9 nitrogen and oxygen atoms in total. The van der Waals surface area contributed by atoms with Crippen molar-refractivity contribution in [1.29, 1.82) is 0 Å². The van der Waals surface area contributed by atoms with E-state index in [1.807, 2.05) is 7.05 Å². The number of hydrogen-bond donors (Lipinski definition) is 0. The lowest BCUT2D eigenvalue weighted by atomic mass is 9.84. The number of carbonyl (C=O) groups is 1. The molecule has 1 heterocycles. The van der Waals surface area contributed by atoms with Crippen LogP contribution in [-0.4, -0.2) is 120 Å². The molecule has 1 aromatic rings. The number of amides is 1. The van der Waals surface area contributed by atoms with Gasteiger partial charge in [0.15, 0.2) is 0 Å². The Morgan fingerprint density at radius 3 is 2.24 bits per heavy atom. The molecule has 2 fully saturated rings. The molecule has 1 aliphatic heterocycles. The van der Waals surface area contributed by atoms with Crippen LogP contribution in [0.15, 0.2) is 17.0 Å². The number of likely N-dealkylation sites (N-methyl/N-ethyl adjacent to an activating group) is 3. The molecule has 34 heavy (non-hydrogen) atoms. The Kier molecular flexibility index (Phi) is 8.97. The zero-order chi connectivity index (χ0) is 25.0. The quantitative estimate of drug-likeness (QED) is 0.450. The van der Waals surface area contributed by atoms with Gasteiger partial charge in [0.25, 0.3) is 0 Å². The van der Waals surface area contributed by atoms with E-state index < -0.39 is 10.0 Å². The van der Waals surface area contributed by atoms with E-state index in [0.29, 0.717) is 22.9 Å². The maximum Gasteiger partial charge on any atom is 0.248 e. The standard InChI is InChI=1S/C24H40N4O5S/c1-18-13-22(32-6)14-19(2)24(18)34(30,31)26(4)11-12-33-17-23(29)27(5)20-15-21(16-20)28-9-7-25(3)8-10-28/h13-14,20-21H,7-12,15-17H2,1-6H3. The summed E-state index contributed by atoms with van der Waals surface area (Å²) in [5.74, 6) is 0.568. The van der Waals surface area contributed by atoms with Gasteiger partial charge in [-0.25, -0.2) is 8.42 Å². The van der Waals surface area contributed by atoms with Crippen LogP contribution in [0.2, 0.25) is 0 Å². The predicted octanol–water partition coefficient (Wildman–Crippen LogP) is 1.19. The van der Waals surface area contributed by atoms with Crippen LogP contribution in [0.4, 0.5) is 0 Å². The maximum absolute atomic E-state index is 13.1. The third kappa shape index (κ3) is 6.09. The molecule has 0 unspecified atom stereocenters. The van der Waals surface area contributed by atoms with Crippen LogP contribution in [0, 0.1) is 13.8 Å². The molecule has 1 saturated heterocycles. The monoisotopic (exact) mass is 496 g/mol. The van der Waals surface area contributed by atoms with E-state index in [9.17, 15) is 13.2 Å². The van der Waals surface area contributed by atoms with Gasteiger partial charge in [0, 0.05) is 58.9 Å². The minimum atomic E-state index is -3.68. The number of sulfonamides is 1. The zero-order valence-electron chi connectivity index (χ0n) is 21.4. The Labute approximate surface area is 204 Å². The molecule has 0 radical (unpaired) electrons. The third-order valence-corrected chi connectivity index (χ3v) is 9.36. The first-order chi connectivity index (χ1) is 16.0. The van der Waals surface area contributed by atoms with Crippen LogP contribution >= 0.6 is 0 Å². The van der Waals surface area contributed by atoms with Crippen LogP contribution in [0.1, 0.15) is 24.0 Å². The molecule has 1 aromatic carbocycles. The second-order valence-corrected chi connectivity index (χ2v) is 11.6. The lowest BCUT2D eigenvalue weighted by Crippen LogP contribution is -2.58. The van der Waals surface area contributed by atoms with Crippen LogP contribution in [0.3, 0.4) is 0 Å². The van der Waals surface area contributed by atoms with Crippen molar-refractivity contribution < 1.29 is 22.7 Å². The highest BCUT2D eigenvalue weighted by Gasteiger charge is 2.38. The average molecular weight is 497 g/mol. The highest BCUT2D eigenvalue weighted by molar-refractivity contribution is 7.89. The minimum absolute atomic E-state index is 0.0410. The minimum Gasteiger partial charge on any atom is -0.497 e. The SMILES string of the molecule is COc1cc(C)c(S(=O)(=O)N(C)CCOCC(=O)N(C)C2CC(N3CCN(C)CC3)C2)c(C)c1. The van der Waals surface area contributed by atoms with E-state index in [0.717, 1.165) is 39.0 Å². The fraction of sp³-hybridized carbons (Fsp3) is 0.708. The van der Waals surface area contributed by atoms with Gasteiger partial charge in [-0.2, -0.15) is 4.31 Å². The number of aryl methyl sites for hydroxylation is 2. The molecule has 0 spiro atoms. The van der Waals surface area contributed by atoms with Crippen LogP contribution in [-0.2, 0) is 19.6 Å². The first-order valence-electron chi connectivity index (χ1n) is 11.9. The van der Waals surface area contributed by atoms with E-state index in [4.69, 9.17) is 9.47 Å².